The fourth-order valence-electron chi connectivity index (χ4n) is 1.89. The second kappa shape index (κ2) is 8.80. The summed E-state index contributed by atoms with van der Waals surface area (Å²) < 4.78 is 0. The molecule has 0 atom stereocenters. The van der Waals surface area contributed by atoms with Crippen LogP contribution in [0.15, 0.2) is 18.2 Å². The van der Waals surface area contributed by atoms with Crippen LogP contribution in [0.25, 0.3) is 0 Å². The van der Waals surface area contributed by atoms with Gasteiger partial charge in [-0.05, 0) is 45.1 Å². The van der Waals surface area contributed by atoms with Gasteiger partial charge >= 0.3 is 0 Å². The highest BCUT2D eigenvalue weighted by Crippen LogP contribution is 2.23. The molecule has 4 nitrogen and oxygen atoms in total. The number of rotatable bonds is 8. The molecule has 0 unspecified atom stereocenters. The molecular weight excluding hydrogens is 288 g/mol. The van der Waals surface area contributed by atoms with E-state index in [-0.39, 0.29) is 11.7 Å². The minimum absolute atomic E-state index is 0.0542. The van der Waals surface area contributed by atoms with E-state index >= 15 is 0 Å². The summed E-state index contributed by atoms with van der Waals surface area (Å²) in [6, 6.07) is 4.89. The summed E-state index contributed by atoms with van der Waals surface area (Å²) in [5, 5.41) is 3.20. The first-order chi connectivity index (χ1) is 9.93. The van der Waals surface area contributed by atoms with Crippen LogP contribution in [-0.4, -0.2) is 36.7 Å². The highest BCUT2D eigenvalue weighted by Gasteiger charge is 2.09. The van der Waals surface area contributed by atoms with Crippen molar-refractivity contribution in [1.29, 1.82) is 0 Å². The summed E-state index contributed by atoms with van der Waals surface area (Å²) in [6.45, 7) is 5.32. The van der Waals surface area contributed by atoms with E-state index in [1.807, 2.05) is 7.05 Å². The van der Waals surface area contributed by atoms with Gasteiger partial charge in [0.05, 0.1) is 10.7 Å². The Hall–Kier alpha value is -1.39. The lowest BCUT2D eigenvalue weighted by Crippen LogP contribution is -2.25. The SMILES string of the molecule is CCCCN(C)CCC(=O)Nc1cc(C(C)=O)ccc1Cl. The summed E-state index contributed by atoms with van der Waals surface area (Å²) in [6.07, 6.45) is 2.68. The maximum Gasteiger partial charge on any atom is 0.225 e. The molecule has 116 valence electrons. The van der Waals surface area contributed by atoms with Gasteiger partial charge in [0.25, 0.3) is 0 Å². The zero-order valence-corrected chi connectivity index (χ0v) is 13.7. The number of unbranched alkanes of at least 4 members (excludes halogenated alkanes) is 1. The van der Waals surface area contributed by atoms with E-state index in [0.717, 1.165) is 19.4 Å². The van der Waals surface area contributed by atoms with Gasteiger partial charge in [-0.25, -0.2) is 0 Å². The molecular formula is C16H23ClN2O2. The Bertz CT molecular complexity index is 503. The third kappa shape index (κ3) is 6.27. The van der Waals surface area contributed by atoms with Gasteiger partial charge in [-0.2, -0.15) is 0 Å². The van der Waals surface area contributed by atoms with Crippen LogP contribution in [0.5, 0.6) is 0 Å². The molecule has 0 bridgehead atoms. The number of nitrogens with one attached hydrogen (secondary N) is 1. The van der Waals surface area contributed by atoms with Crippen molar-refractivity contribution in [2.75, 3.05) is 25.5 Å². The van der Waals surface area contributed by atoms with Crippen LogP contribution in [-0.2, 0) is 4.79 Å². The van der Waals surface area contributed by atoms with E-state index in [4.69, 9.17) is 11.6 Å². The molecule has 0 aliphatic rings. The highest BCUT2D eigenvalue weighted by atomic mass is 35.5. The number of Topliss-reactive ketones (excluding diaryl/α,β-unsaturated/α-hetero) is 1. The van der Waals surface area contributed by atoms with Crippen LogP contribution in [0.3, 0.4) is 0 Å². The largest absolute Gasteiger partial charge is 0.325 e. The predicted molar refractivity (Wildman–Crippen MR) is 87.1 cm³/mol. The molecule has 0 saturated carbocycles. The van der Waals surface area contributed by atoms with Crippen molar-refractivity contribution in [1.82, 2.24) is 4.90 Å². The number of anilines is 1. The third-order valence-electron chi connectivity index (χ3n) is 3.26. The first-order valence-electron chi connectivity index (χ1n) is 7.23. The molecule has 0 spiro atoms. The lowest BCUT2D eigenvalue weighted by atomic mass is 10.1. The van der Waals surface area contributed by atoms with Crippen molar-refractivity contribution in [2.45, 2.75) is 33.1 Å². The van der Waals surface area contributed by atoms with Gasteiger partial charge in [-0.3, -0.25) is 9.59 Å². The van der Waals surface area contributed by atoms with Gasteiger partial charge in [-0.1, -0.05) is 24.9 Å². The number of ketones is 1. The summed E-state index contributed by atoms with van der Waals surface area (Å²) in [5.74, 6) is -0.151. The number of hydrogen-bond acceptors (Lipinski definition) is 3. The first kappa shape index (κ1) is 17.7. The Morgan fingerprint density at radius 3 is 2.62 bits per heavy atom. The van der Waals surface area contributed by atoms with Crippen LogP contribution in [0.4, 0.5) is 5.69 Å². The van der Waals surface area contributed by atoms with Gasteiger partial charge in [0, 0.05) is 18.5 Å². The highest BCUT2D eigenvalue weighted by molar-refractivity contribution is 6.33. The molecule has 0 saturated heterocycles. The summed E-state index contributed by atoms with van der Waals surface area (Å²) in [5.41, 5.74) is 1.03. The van der Waals surface area contributed by atoms with E-state index in [0.29, 0.717) is 29.2 Å². The summed E-state index contributed by atoms with van der Waals surface area (Å²) in [4.78, 5) is 25.4. The first-order valence-corrected chi connectivity index (χ1v) is 7.60. The number of benzene rings is 1. The third-order valence-corrected chi connectivity index (χ3v) is 3.59. The molecule has 0 fully saturated rings. The Labute approximate surface area is 131 Å². The lowest BCUT2D eigenvalue weighted by molar-refractivity contribution is -0.116. The summed E-state index contributed by atoms with van der Waals surface area (Å²) >= 11 is 6.04. The molecule has 0 aliphatic carbocycles. The molecule has 1 aromatic carbocycles. The monoisotopic (exact) mass is 310 g/mol. The molecule has 1 rings (SSSR count). The normalized spacial score (nSPS) is 10.7. The molecule has 0 radical (unpaired) electrons. The molecule has 21 heavy (non-hydrogen) atoms. The molecule has 0 aromatic heterocycles. The topological polar surface area (TPSA) is 49.4 Å². The fraction of sp³-hybridized carbons (Fsp3) is 0.500. The standard InChI is InChI=1S/C16H23ClN2O2/c1-4-5-9-19(3)10-8-16(21)18-15-11-13(12(2)20)6-7-14(15)17/h6-7,11H,4-5,8-10H2,1-3H3,(H,18,21). The second-order valence-electron chi connectivity index (χ2n) is 5.21. The van der Waals surface area contributed by atoms with Crippen LogP contribution in [0.1, 0.15) is 43.5 Å². The van der Waals surface area contributed by atoms with Crippen LogP contribution in [0.2, 0.25) is 5.02 Å². The van der Waals surface area contributed by atoms with E-state index in [9.17, 15) is 9.59 Å². The van der Waals surface area contributed by atoms with Crippen LogP contribution < -0.4 is 5.32 Å². The minimum atomic E-state index is -0.0963. The maximum atomic E-state index is 11.9. The number of carbonyl (C=O) groups is 2. The zero-order chi connectivity index (χ0) is 15.8. The van der Waals surface area contributed by atoms with Gasteiger partial charge in [0.15, 0.2) is 5.78 Å². The Kier molecular flexibility index (Phi) is 7.40. The zero-order valence-electron chi connectivity index (χ0n) is 12.9. The number of halogens is 1. The maximum absolute atomic E-state index is 11.9. The average molecular weight is 311 g/mol. The van der Waals surface area contributed by atoms with Crippen LogP contribution >= 0.6 is 11.6 Å². The molecule has 1 aromatic rings. The van der Waals surface area contributed by atoms with Crippen molar-refractivity contribution >= 4 is 29.0 Å². The number of hydrogen-bond donors (Lipinski definition) is 1. The fourth-order valence-corrected chi connectivity index (χ4v) is 2.05. The van der Waals surface area contributed by atoms with Crippen molar-refractivity contribution in [3.63, 3.8) is 0 Å². The van der Waals surface area contributed by atoms with Crippen molar-refractivity contribution in [3.8, 4) is 0 Å². The second-order valence-corrected chi connectivity index (χ2v) is 5.61. The predicted octanol–water partition coefficient (Wildman–Crippen LogP) is 3.60. The van der Waals surface area contributed by atoms with E-state index in [1.54, 1.807) is 18.2 Å². The average Bonchev–Trinajstić information content (AvgIpc) is 2.45. The van der Waals surface area contributed by atoms with E-state index < -0.39 is 0 Å². The molecule has 5 heteroatoms. The minimum Gasteiger partial charge on any atom is -0.325 e. The number of carbonyl (C=O) groups excluding carboxylic acids is 2. The van der Waals surface area contributed by atoms with Crippen molar-refractivity contribution in [3.05, 3.63) is 28.8 Å². The van der Waals surface area contributed by atoms with E-state index in [2.05, 4.69) is 17.1 Å². The number of amides is 1. The van der Waals surface area contributed by atoms with Gasteiger partial charge in [-0.15, -0.1) is 0 Å². The van der Waals surface area contributed by atoms with Crippen LogP contribution in [0, 0.1) is 0 Å². The smallest absolute Gasteiger partial charge is 0.225 e. The molecule has 1 amide bonds. The molecule has 0 aliphatic heterocycles. The van der Waals surface area contributed by atoms with Crippen molar-refractivity contribution < 1.29 is 9.59 Å². The molecule has 0 heterocycles. The van der Waals surface area contributed by atoms with E-state index in [1.165, 1.54) is 6.92 Å². The van der Waals surface area contributed by atoms with Gasteiger partial charge in [0.1, 0.15) is 0 Å². The Balaban J connectivity index is 2.54. The lowest BCUT2D eigenvalue weighted by Gasteiger charge is -2.16. The quantitative estimate of drug-likeness (QED) is 0.746. The molecule has 1 N–H and O–H groups in total. The van der Waals surface area contributed by atoms with Gasteiger partial charge < -0.3 is 10.2 Å². The Morgan fingerprint density at radius 2 is 2.00 bits per heavy atom. The number of nitrogens with zero attached hydrogens (tertiary/aromatic N) is 1. The van der Waals surface area contributed by atoms with Crippen molar-refractivity contribution in [2.24, 2.45) is 0 Å². The van der Waals surface area contributed by atoms with Gasteiger partial charge in [0.2, 0.25) is 5.91 Å². The Morgan fingerprint density at radius 1 is 1.29 bits per heavy atom. The summed E-state index contributed by atoms with van der Waals surface area (Å²) in [7, 11) is 2.01.